The molecule has 0 radical (unpaired) electrons. The van der Waals surface area contributed by atoms with Crippen molar-refractivity contribution in [2.75, 3.05) is 13.1 Å². The van der Waals surface area contributed by atoms with E-state index in [9.17, 15) is 0 Å². The second-order valence-electron chi connectivity index (χ2n) is 4.71. The summed E-state index contributed by atoms with van der Waals surface area (Å²) in [5.74, 6) is 0.491. The van der Waals surface area contributed by atoms with Crippen LogP contribution >= 0.6 is 0 Å². The Kier molecular flexibility index (Phi) is 5.13. The SMILES string of the molecule is CCN(CC(C)C#N)C(N)=NC(C)(C)C. The van der Waals surface area contributed by atoms with Gasteiger partial charge in [-0.05, 0) is 34.6 Å². The van der Waals surface area contributed by atoms with E-state index in [0.29, 0.717) is 12.5 Å². The zero-order chi connectivity index (χ0) is 12.1. The molecule has 0 amide bonds. The third kappa shape index (κ3) is 5.95. The Hall–Kier alpha value is -1.24. The van der Waals surface area contributed by atoms with Crippen molar-refractivity contribution in [1.29, 1.82) is 5.26 Å². The Labute approximate surface area is 92.8 Å². The van der Waals surface area contributed by atoms with E-state index in [1.165, 1.54) is 0 Å². The van der Waals surface area contributed by atoms with Gasteiger partial charge in [-0.3, -0.25) is 0 Å². The highest BCUT2D eigenvalue weighted by molar-refractivity contribution is 5.78. The van der Waals surface area contributed by atoms with E-state index >= 15 is 0 Å². The van der Waals surface area contributed by atoms with Crippen LogP contribution in [-0.4, -0.2) is 29.5 Å². The van der Waals surface area contributed by atoms with Crippen LogP contribution in [0.25, 0.3) is 0 Å². The molecule has 0 bridgehead atoms. The molecule has 0 aromatic carbocycles. The van der Waals surface area contributed by atoms with Crippen LogP contribution in [0.3, 0.4) is 0 Å². The summed E-state index contributed by atoms with van der Waals surface area (Å²) >= 11 is 0. The van der Waals surface area contributed by atoms with Gasteiger partial charge in [0.15, 0.2) is 5.96 Å². The largest absolute Gasteiger partial charge is 0.370 e. The van der Waals surface area contributed by atoms with Gasteiger partial charge >= 0.3 is 0 Å². The number of nitrogens with zero attached hydrogens (tertiary/aromatic N) is 3. The van der Waals surface area contributed by atoms with Crippen LogP contribution < -0.4 is 5.73 Å². The van der Waals surface area contributed by atoms with Gasteiger partial charge < -0.3 is 10.6 Å². The lowest BCUT2D eigenvalue weighted by Gasteiger charge is -2.25. The quantitative estimate of drug-likeness (QED) is 0.568. The minimum Gasteiger partial charge on any atom is -0.370 e. The standard InChI is InChI=1S/C11H22N4/c1-6-15(8-9(2)7-12)10(13)14-11(3,4)5/h9H,6,8H2,1-5H3,(H2,13,14). The van der Waals surface area contributed by atoms with Gasteiger partial charge in [0.2, 0.25) is 0 Å². The fourth-order valence-electron chi connectivity index (χ4n) is 1.17. The van der Waals surface area contributed by atoms with E-state index in [0.717, 1.165) is 6.54 Å². The average molecular weight is 210 g/mol. The van der Waals surface area contributed by atoms with Gasteiger partial charge in [0.25, 0.3) is 0 Å². The van der Waals surface area contributed by atoms with Gasteiger partial charge in [-0.25, -0.2) is 4.99 Å². The lowest BCUT2D eigenvalue weighted by atomic mass is 10.1. The van der Waals surface area contributed by atoms with Gasteiger partial charge in [-0.15, -0.1) is 0 Å². The van der Waals surface area contributed by atoms with Crippen molar-refractivity contribution in [3.63, 3.8) is 0 Å². The molecular weight excluding hydrogens is 188 g/mol. The molecule has 0 aromatic heterocycles. The molecular formula is C11H22N4. The highest BCUT2D eigenvalue weighted by Crippen LogP contribution is 2.07. The number of hydrogen-bond donors (Lipinski definition) is 1. The number of hydrogen-bond acceptors (Lipinski definition) is 2. The van der Waals surface area contributed by atoms with E-state index in [-0.39, 0.29) is 11.5 Å². The van der Waals surface area contributed by atoms with Crippen LogP contribution in [0, 0.1) is 17.2 Å². The summed E-state index contributed by atoms with van der Waals surface area (Å²) in [4.78, 5) is 6.31. The molecule has 0 aromatic rings. The summed E-state index contributed by atoms with van der Waals surface area (Å²) in [6.45, 7) is 11.3. The van der Waals surface area contributed by atoms with Crippen molar-refractivity contribution in [2.24, 2.45) is 16.6 Å². The van der Waals surface area contributed by atoms with Crippen molar-refractivity contribution in [1.82, 2.24) is 4.90 Å². The Morgan fingerprint density at radius 2 is 2.07 bits per heavy atom. The van der Waals surface area contributed by atoms with E-state index in [1.807, 2.05) is 39.5 Å². The summed E-state index contributed by atoms with van der Waals surface area (Å²) in [5.41, 5.74) is 5.71. The molecule has 0 aliphatic heterocycles. The summed E-state index contributed by atoms with van der Waals surface area (Å²) < 4.78 is 0. The Balaban J connectivity index is 4.56. The van der Waals surface area contributed by atoms with Crippen molar-refractivity contribution in [3.05, 3.63) is 0 Å². The Morgan fingerprint density at radius 1 is 1.53 bits per heavy atom. The first-order chi connectivity index (χ1) is 6.80. The topological polar surface area (TPSA) is 65.4 Å². The first kappa shape index (κ1) is 13.8. The molecule has 0 heterocycles. The molecule has 4 heteroatoms. The normalized spacial score (nSPS) is 14.5. The molecule has 0 saturated heterocycles. The molecule has 0 saturated carbocycles. The first-order valence-electron chi connectivity index (χ1n) is 5.30. The van der Waals surface area contributed by atoms with Crippen molar-refractivity contribution < 1.29 is 0 Å². The first-order valence-corrected chi connectivity index (χ1v) is 5.30. The van der Waals surface area contributed by atoms with Crippen LogP contribution in [0.2, 0.25) is 0 Å². The highest BCUT2D eigenvalue weighted by Gasteiger charge is 2.14. The average Bonchev–Trinajstić information content (AvgIpc) is 2.10. The molecule has 2 N–H and O–H groups in total. The Bertz CT molecular complexity index is 257. The molecule has 0 rings (SSSR count). The summed E-state index contributed by atoms with van der Waals surface area (Å²) in [5, 5.41) is 8.74. The van der Waals surface area contributed by atoms with Crippen molar-refractivity contribution >= 4 is 5.96 Å². The number of nitriles is 1. The van der Waals surface area contributed by atoms with Crippen LogP contribution in [0.5, 0.6) is 0 Å². The molecule has 15 heavy (non-hydrogen) atoms. The number of nitrogens with two attached hydrogens (primary N) is 1. The fraction of sp³-hybridized carbons (Fsp3) is 0.818. The minimum atomic E-state index is -0.173. The van der Waals surface area contributed by atoms with Crippen molar-refractivity contribution in [2.45, 2.75) is 40.2 Å². The summed E-state index contributed by atoms with van der Waals surface area (Å²) in [6.07, 6.45) is 0. The molecule has 1 unspecified atom stereocenters. The van der Waals surface area contributed by atoms with Crippen LogP contribution in [0.4, 0.5) is 0 Å². The number of aliphatic imine (C=N–C) groups is 1. The van der Waals surface area contributed by atoms with Gasteiger partial charge in [0.1, 0.15) is 0 Å². The summed E-state index contributed by atoms with van der Waals surface area (Å²) in [6, 6.07) is 2.20. The zero-order valence-corrected chi connectivity index (χ0v) is 10.4. The second kappa shape index (κ2) is 5.59. The predicted molar refractivity (Wildman–Crippen MR) is 63.4 cm³/mol. The third-order valence-electron chi connectivity index (χ3n) is 1.87. The van der Waals surface area contributed by atoms with E-state index in [4.69, 9.17) is 11.0 Å². The zero-order valence-electron chi connectivity index (χ0n) is 10.4. The molecule has 1 atom stereocenters. The van der Waals surface area contributed by atoms with Gasteiger partial charge in [-0.2, -0.15) is 5.26 Å². The van der Waals surface area contributed by atoms with Crippen molar-refractivity contribution in [3.8, 4) is 6.07 Å². The molecule has 0 aliphatic carbocycles. The minimum absolute atomic E-state index is 0.0290. The number of guanidine groups is 1. The molecule has 86 valence electrons. The maximum atomic E-state index is 8.74. The second-order valence-corrected chi connectivity index (χ2v) is 4.71. The molecule has 0 aliphatic rings. The van der Waals surface area contributed by atoms with Crippen LogP contribution in [-0.2, 0) is 0 Å². The maximum Gasteiger partial charge on any atom is 0.191 e. The summed E-state index contributed by atoms with van der Waals surface area (Å²) in [7, 11) is 0. The monoisotopic (exact) mass is 210 g/mol. The van der Waals surface area contributed by atoms with Crippen LogP contribution in [0.15, 0.2) is 4.99 Å². The van der Waals surface area contributed by atoms with Gasteiger partial charge in [0, 0.05) is 13.1 Å². The molecule has 0 fully saturated rings. The smallest absolute Gasteiger partial charge is 0.191 e. The van der Waals surface area contributed by atoms with Crippen LogP contribution in [0.1, 0.15) is 34.6 Å². The van der Waals surface area contributed by atoms with E-state index in [2.05, 4.69) is 11.1 Å². The van der Waals surface area contributed by atoms with E-state index < -0.39 is 0 Å². The maximum absolute atomic E-state index is 8.74. The molecule has 0 spiro atoms. The third-order valence-corrected chi connectivity index (χ3v) is 1.87. The fourth-order valence-corrected chi connectivity index (χ4v) is 1.17. The Morgan fingerprint density at radius 3 is 2.40 bits per heavy atom. The lowest BCUT2D eigenvalue weighted by Crippen LogP contribution is -2.41. The van der Waals surface area contributed by atoms with E-state index in [1.54, 1.807) is 0 Å². The number of rotatable bonds is 3. The highest BCUT2D eigenvalue weighted by atomic mass is 15.3. The molecule has 4 nitrogen and oxygen atoms in total. The van der Waals surface area contributed by atoms with Gasteiger partial charge in [0.05, 0.1) is 17.5 Å². The lowest BCUT2D eigenvalue weighted by molar-refractivity contribution is 0.392. The predicted octanol–water partition coefficient (Wildman–Crippen LogP) is 1.58. The van der Waals surface area contributed by atoms with Gasteiger partial charge in [-0.1, -0.05) is 0 Å².